The number of halogens is 3. The summed E-state index contributed by atoms with van der Waals surface area (Å²) in [6.45, 7) is 3.35. The SMILES string of the molecule is C=CC(=O)Nc1cccc(C(=O)Nc2cccc(Nc3nc(CS(=O)O)ncc3C(F)(F)F)c2)c1. The van der Waals surface area contributed by atoms with Crippen LogP contribution in [-0.4, -0.2) is 30.5 Å². The van der Waals surface area contributed by atoms with Gasteiger partial charge in [0.25, 0.3) is 5.91 Å². The summed E-state index contributed by atoms with van der Waals surface area (Å²) >= 11 is -2.34. The first kappa shape index (κ1) is 25.5. The van der Waals surface area contributed by atoms with Gasteiger partial charge in [0.1, 0.15) is 23.0 Å². The lowest BCUT2D eigenvalue weighted by molar-refractivity contribution is -0.137. The van der Waals surface area contributed by atoms with Crippen LogP contribution >= 0.6 is 0 Å². The van der Waals surface area contributed by atoms with Gasteiger partial charge in [-0.3, -0.25) is 9.59 Å². The molecule has 2 amide bonds. The van der Waals surface area contributed by atoms with E-state index in [1.807, 2.05) is 0 Å². The zero-order chi connectivity index (χ0) is 25.6. The number of carbonyl (C=O) groups excluding carboxylic acids is 2. The molecule has 182 valence electrons. The molecule has 3 aromatic rings. The van der Waals surface area contributed by atoms with Crippen molar-refractivity contribution in [3.8, 4) is 0 Å². The normalized spacial score (nSPS) is 11.9. The summed E-state index contributed by atoms with van der Waals surface area (Å²) in [7, 11) is 0. The minimum atomic E-state index is -4.78. The van der Waals surface area contributed by atoms with Gasteiger partial charge in [-0.05, 0) is 42.5 Å². The van der Waals surface area contributed by atoms with Gasteiger partial charge in [-0.25, -0.2) is 14.2 Å². The van der Waals surface area contributed by atoms with E-state index in [9.17, 15) is 27.0 Å². The van der Waals surface area contributed by atoms with E-state index in [2.05, 4.69) is 32.5 Å². The number of hydrogen-bond acceptors (Lipinski definition) is 6. The molecule has 1 atom stereocenters. The number of nitrogens with zero attached hydrogens (tertiary/aromatic N) is 2. The molecule has 1 aromatic heterocycles. The molecule has 0 spiro atoms. The number of amides is 2. The Bertz CT molecular complexity index is 1300. The number of carbonyl (C=O) groups is 2. The topological polar surface area (TPSA) is 133 Å². The Hall–Kier alpha value is -4.10. The van der Waals surface area contributed by atoms with Crippen LogP contribution in [0.2, 0.25) is 0 Å². The second kappa shape index (κ2) is 10.9. The fourth-order valence-electron chi connectivity index (χ4n) is 2.85. The van der Waals surface area contributed by atoms with Crippen LogP contribution in [0.1, 0.15) is 21.7 Å². The first-order valence-corrected chi connectivity index (χ1v) is 11.0. The smallest absolute Gasteiger partial charge is 0.340 e. The molecule has 3 rings (SSSR count). The molecular formula is C22H18F3N5O4S. The highest BCUT2D eigenvalue weighted by atomic mass is 32.2. The van der Waals surface area contributed by atoms with E-state index in [1.54, 1.807) is 12.1 Å². The maximum atomic E-state index is 13.4. The molecule has 35 heavy (non-hydrogen) atoms. The van der Waals surface area contributed by atoms with Crippen molar-refractivity contribution in [1.29, 1.82) is 0 Å². The Labute approximate surface area is 199 Å². The third kappa shape index (κ3) is 7.19. The van der Waals surface area contributed by atoms with Crippen molar-refractivity contribution < 1.29 is 31.5 Å². The third-order valence-electron chi connectivity index (χ3n) is 4.36. The predicted octanol–water partition coefficient (Wildman–Crippen LogP) is 4.34. The number of benzene rings is 2. The maximum absolute atomic E-state index is 13.4. The summed E-state index contributed by atoms with van der Waals surface area (Å²) in [5, 5.41) is 7.68. The van der Waals surface area contributed by atoms with Gasteiger partial charge in [0.2, 0.25) is 5.91 Å². The van der Waals surface area contributed by atoms with Crippen LogP contribution in [0.5, 0.6) is 0 Å². The summed E-state index contributed by atoms with van der Waals surface area (Å²) in [6.07, 6.45) is -3.17. The van der Waals surface area contributed by atoms with E-state index in [4.69, 9.17) is 4.55 Å². The van der Waals surface area contributed by atoms with Crippen LogP contribution in [-0.2, 0) is 27.8 Å². The summed E-state index contributed by atoms with van der Waals surface area (Å²) in [5.74, 6) is -2.38. The number of hydrogen-bond donors (Lipinski definition) is 4. The molecule has 0 aliphatic heterocycles. The molecule has 0 aliphatic rings. The molecule has 0 saturated carbocycles. The Kier molecular flexibility index (Phi) is 7.94. The van der Waals surface area contributed by atoms with Crippen molar-refractivity contribution in [2.75, 3.05) is 16.0 Å². The van der Waals surface area contributed by atoms with Crippen molar-refractivity contribution in [3.63, 3.8) is 0 Å². The largest absolute Gasteiger partial charge is 0.421 e. The number of alkyl halides is 3. The molecule has 9 nitrogen and oxygen atoms in total. The average Bonchev–Trinajstić information content (AvgIpc) is 2.78. The summed E-state index contributed by atoms with van der Waals surface area (Å²) in [5.41, 5.74) is -0.143. The molecule has 1 heterocycles. The molecule has 0 radical (unpaired) electrons. The van der Waals surface area contributed by atoms with E-state index in [-0.39, 0.29) is 22.8 Å². The number of aromatic nitrogens is 2. The minimum absolute atomic E-state index is 0.162. The van der Waals surface area contributed by atoms with Gasteiger partial charge < -0.3 is 20.5 Å². The van der Waals surface area contributed by atoms with Gasteiger partial charge in [-0.2, -0.15) is 13.2 Å². The van der Waals surface area contributed by atoms with E-state index in [0.717, 1.165) is 6.08 Å². The van der Waals surface area contributed by atoms with Crippen LogP contribution in [0, 0.1) is 0 Å². The van der Waals surface area contributed by atoms with E-state index < -0.39 is 46.2 Å². The van der Waals surface area contributed by atoms with Crippen LogP contribution in [0.4, 0.5) is 36.1 Å². The molecule has 0 fully saturated rings. The quantitative estimate of drug-likeness (QED) is 0.264. The summed E-state index contributed by atoms with van der Waals surface area (Å²) in [6, 6.07) is 12.0. The zero-order valence-electron chi connectivity index (χ0n) is 17.8. The molecule has 0 aliphatic carbocycles. The molecule has 4 N–H and O–H groups in total. The number of anilines is 4. The van der Waals surface area contributed by atoms with Gasteiger partial charge in [0.05, 0.1) is 0 Å². The first-order chi connectivity index (χ1) is 16.5. The molecule has 2 aromatic carbocycles. The lowest BCUT2D eigenvalue weighted by Gasteiger charge is -2.15. The van der Waals surface area contributed by atoms with Crippen molar-refractivity contribution >= 4 is 45.8 Å². The molecule has 13 heteroatoms. The lowest BCUT2D eigenvalue weighted by Crippen LogP contribution is -2.14. The van der Waals surface area contributed by atoms with Crippen LogP contribution in [0.3, 0.4) is 0 Å². The predicted molar refractivity (Wildman–Crippen MR) is 124 cm³/mol. The fraction of sp³-hybridized carbons (Fsp3) is 0.0909. The highest BCUT2D eigenvalue weighted by molar-refractivity contribution is 7.78. The van der Waals surface area contributed by atoms with E-state index >= 15 is 0 Å². The number of nitrogens with one attached hydrogen (secondary N) is 3. The molecule has 0 bridgehead atoms. The second-order valence-electron chi connectivity index (χ2n) is 6.95. The molecule has 0 saturated heterocycles. The molecule has 1 unspecified atom stereocenters. The van der Waals surface area contributed by atoms with Crippen molar-refractivity contribution in [3.05, 3.63) is 84.3 Å². The monoisotopic (exact) mass is 505 g/mol. The van der Waals surface area contributed by atoms with E-state index in [0.29, 0.717) is 11.9 Å². The Morgan fingerprint density at radius 2 is 1.71 bits per heavy atom. The fourth-order valence-corrected chi connectivity index (χ4v) is 3.21. The molecular weight excluding hydrogens is 487 g/mol. The van der Waals surface area contributed by atoms with Crippen molar-refractivity contribution in [2.45, 2.75) is 11.9 Å². The highest BCUT2D eigenvalue weighted by Crippen LogP contribution is 2.35. The minimum Gasteiger partial charge on any atom is -0.340 e. The lowest BCUT2D eigenvalue weighted by atomic mass is 10.1. The Morgan fingerprint density at radius 1 is 1.06 bits per heavy atom. The maximum Gasteiger partial charge on any atom is 0.421 e. The first-order valence-electron chi connectivity index (χ1n) is 9.77. The third-order valence-corrected chi connectivity index (χ3v) is 4.86. The van der Waals surface area contributed by atoms with Crippen LogP contribution < -0.4 is 16.0 Å². The zero-order valence-corrected chi connectivity index (χ0v) is 18.6. The number of rotatable bonds is 8. The summed E-state index contributed by atoms with van der Waals surface area (Å²) < 4.78 is 60.2. The van der Waals surface area contributed by atoms with Gasteiger partial charge in [-0.1, -0.05) is 18.7 Å². The van der Waals surface area contributed by atoms with Crippen LogP contribution in [0.25, 0.3) is 0 Å². The standard InChI is InChI=1S/C22H18F3N5O4S/c1-2-19(31)27-14-6-3-5-13(9-14)21(32)29-16-8-4-7-15(10-16)28-20-17(22(23,24)25)11-26-18(30-20)12-35(33)34/h2-11H,1,12H2,(H,27,31)(H,29,32)(H,33,34)(H,26,28,30). The van der Waals surface area contributed by atoms with Gasteiger partial charge >= 0.3 is 6.18 Å². The van der Waals surface area contributed by atoms with Crippen molar-refractivity contribution in [1.82, 2.24) is 9.97 Å². The van der Waals surface area contributed by atoms with E-state index in [1.165, 1.54) is 36.4 Å². The summed E-state index contributed by atoms with van der Waals surface area (Å²) in [4.78, 5) is 31.3. The van der Waals surface area contributed by atoms with Gasteiger partial charge in [0.15, 0.2) is 11.1 Å². The van der Waals surface area contributed by atoms with Crippen molar-refractivity contribution in [2.24, 2.45) is 0 Å². The second-order valence-corrected chi connectivity index (χ2v) is 7.88. The Balaban J connectivity index is 1.82. The van der Waals surface area contributed by atoms with Crippen LogP contribution in [0.15, 0.2) is 67.4 Å². The highest BCUT2D eigenvalue weighted by Gasteiger charge is 2.35. The van der Waals surface area contributed by atoms with Gasteiger partial charge in [0, 0.05) is 28.8 Å². The Morgan fingerprint density at radius 3 is 2.37 bits per heavy atom. The average molecular weight is 505 g/mol. The van der Waals surface area contributed by atoms with Gasteiger partial charge in [-0.15, -0.1) is 0 Å².